The van der Waals surface area contributed by atoms with Gasteiger partial charge in [0.05, 0.1) is 6.54 Å². The van der Waals surface area contributed by atoms with Crippen molar-refractivity contribution in [3.05, 3.63) is 40.9 Å². The highest BCUT2D eigenvalue weighted by atomic mass is 35.5. The summed E-state index contributed by atoms with van der Waals surface area (Å²) >= 11 is 5.78. The van der Waals surface area contributed by atoms with Crippen LogP contribution in [-0.2, 0) is 9.59 Å². The lowest BCUT2D eigenvalue weighted by Gasteiger charge is -2.14. The summed E-state index contributed by atoms with van der Waals surface area (Å²) in [5.74, 6) is -0.289. The van der Waals surface area contributed by atoms with Crippen LogP contribution in [0.3, 0.4) is 0 Å². The van der Waals surface area contributed by atoms with E-state index in [2.05, 4.69) is 5.32 Å². The van der Waals surface area contributed by atoms with E-state index in [4.69, 9.17) is 11.6 Å². The molecule has 0 bridgehead atoms. The van der Waals surface area contributed by atoms with Gasteiger partial charge in [-0.25, -0.2) is 0 Å². The molecule has 1 saturated heterocycles. The zero-order valence-electron chi connectivity index (χ0n) is 11.1. The van der Waals surface area contributed by atoms with E-state index in [-0.39, 0.29) is 18.4 Å². The number of hydrogen-bond donors (Lipinski definition) is 1. The third kappa shape index (κ3) is 4.38. The molecule has 5 heteroatoms. The normalized spacial score (nSPS) is 14.8. The Hall–Kier alpha value is -1.81. The van der Waals surface area contributed by atoms with Gasteiger partial charge in [0.1, 0.15) is 0 Å². The molecule has 0 radical (unpaired) electrons. The molecule has 2 amide bonds. The summed E-state index contributed by atoms with van der Waals surface area (Å²) in [6.07, 6.45) is 5.21. The Morgan fingerprint density at radius 2 is 1.85 bits per heavy atom. The van der Waals surface area contributed by atoms with E-state index >= 15 is 0 Å². The Labute approximate surface area is 123 Å². The first-order valence-electron chi connectivity index (χ1n) is 6.64. The van der Waals surface area contributed by atoms with E-state index in [1.54, 1.807) is 23.1 Å². The summed E-state index contributed by atoms with van der Waals surface area (Å²) in [6, 6.07) is 7.16. The Bertz CT molecular complexity index is 505. The van der Waals surface area contributed by atoms with Gasteiger partial charge in [-0.3, -0.25) is 9.59 Å². The van der Waals surface area contributed by atoms with Gasteiger partial charge in [0, 0.05) is 24.2 Å². The van der Waals surface area contributed by atoms with Gasteiger partial charge in [0.15, 0.2) is 0 Å². The first kappa shape index (κ1) is 14.6. The minimum absolute atomic E-state index is 0.0178. The Morgan fingerprint density at radius 3 is 2.50 bits per heavy atom. The van der Waals surface area contributed by atoms with Gasteiger partial charge in [0.2, 0.25) is 11.8 Å². The van der Waals surface area contributed by atoms with Gasteiger partial charge in [-0.15, -0.1) is 0 Å². The van der Waals surface area contributed by atoms with Crippen molar-refractivity contribution < 1.29 is 9.59 Å². The predicted octanol–water partition coefficient (Wildman–Crippen LogP) is 2.09. The topological polar surface area (TPSA) is 49.4 Å². The van der Waals surface area contributed by atoms with E-state index in [0.717, 1.165) is 31.5 Å². The lowest BCUT2D eigenvalue weighted by atomic mass is 10.2. The summed E-state index contributed by atoms with van der Waals surface area (Å²) < 4.78 is 0. The number of carbonyl (C=O) groups excluding carboxylic acids is 2. The molecule has 1 heterocycles. The molecular weight excluding hydrogens is 276 g/mol. The number of likely N-dealkylation sites (tertiary alicyclic amines) is 1. The largest absolute Gasteiger partial charge is 0.343 e. The van der Waals surface area contributed by atoms with E-state index in [9.17, 15) is 9.59 Å². The summed E-state index contributed by atoms with van der Waals surface area (Å²) in [4.78, 5) is 25.1. The molecule has 1 aliphatic rings. The van der Waals surface area contributed by atoms with Crippen molar-refractivity contribution in [2.75, 3.05) is 19.6 Å². The first-order chi connectivity index (χ1) is 9.65. The molecule has 0 spiro atoms. The molecule has 0 aliphatic carbocycles. The molecule has 20 heavy (non-hydrogen) atoms. The van der Waals surface area contributed by atoms with Gasteiger partial charge >= 0.3 is 0 Å². The van der Waals surface area contributed by atoms with Gasteiger partial charge in [-0.2, -0.15) is 0 Å². The average Bonchev–Trinajstić information content (AvgIpc) is 2.98. The molecule has 1 aliphatic heterocycles. The van der Waals surface area contributed by atoms with E-state index in [1.807, 2.05) is 12.1 Å². The lowest BCUT2D eigenvalue weighted by Crippen LogP contribution is -2.38. The molecule has 1 aromatic rings. The van der Waals surface area contributed by atoms with Crippen molar-refractivity contribution in [2.24, 2.45) is 0 Å². The second-order valence-corrected chi connectivity index (χ2v) is 5.13. The summed E-state index contributed by atoms with van der Waals surface area (Å²) in [7, 11) is 0. The number of benzene rings is 1. The van der Waals surface area contributed by atoms with Crippen molar-refractivity contribution in [3.63, 3.8) is 0 Å². The molecule has 1 N–H and O–H groups in total. The van der Waals surface area contributed by atoms with E-state index < -0.39 is 0 Å². The Morgan fingerprint density at radius 1 is 1.20 bits per heavy atom. The average molecular weight is 293 g/mol. The molecule has 106 valence electrons. The highest BCUT2D eigenvalue weighted by molar-refractivity contribution is 6.30. The van der Waals surface area contributed by atoms with Crippen molar-refractivity contribution in [3.8, 4) is 0 Å². The number of nitrogens with zero attached hydrogens (tertiary/aromatic N) is 1. The van der Waals surface area contributed by atoms with Gasteiger partial charge in [-0.05, 0) is 36.6 Å². The van der Waals surface area contributed by atoms with Crippen LogP contribution in [0.5, 0.6) is 0 Å². The molecule has 0 saturated carbocycles. The molecule has 0 atom stereocenters. The fourth-order valence-electron chi connectivity index (χ4n) is 2.05. The highest BCUT2D eigenvalue weighted by Gasteiger charge is 2.17. The van der Waals surface area contributed by atoms with Crippen LogP contribution in [0.2, 0.25) is 5.02 Å². The molecule has 0 unspecified atom stereocenters. The fraction of sp³-hybridized carbons (Fsp3) is 0.333. The number of halogens is 1. The Balaban J connectivity index is 1.77. The van der Waals surface area contributed by atoms with Crippen LogP contribution in [0.1, 0.15) is 18.4 Å². The molecule has 1 aromatic carbocycles. The van der Waals surface area contributed by atoms with E-state index in [1.165, 1.54) is 6.08 Å². The zero-order valence-corrected chi connectivity index (χ0v) is 11.9. The second-order valence-electron chi connectivity index (χ2n) is 4.69. The number of nitrogens with one attached hydrogen (secondary N) is 1. The fourth-order valence-corrected chi connectivity index (χ4v) is 2.17. The maximum atomic E-state index is 11.7. The molecule has 4 nitrogen and oxygen atoms in total. The molecule has 2 rings (SSSR count). The van der Waals surface area contributed by atoms with Gasteiger partial charge < -0.3 is 10.2 Å². The lowest BCUT2D eigenvalue weighted by molar-refractivity contribution is -0.131. The van der Waals surface area contributed by atoms with Gasteiger partial charge in [0.25, 0.3) is 0 Å². The monoisotopic (exact) mass is 292 g/mol. The summed E-state index contributed by atoms with van der Waals surface area (Å²) in [5, 5.41) is 3.25. The Kier molecular flexibility index (Phi) is 5.18. The van der Waals surface area contributed by atoms with Crippen LogP contribution in [-0.4, -0.2) is 36.3 Å². The highest BCUT2D eigenvalue weighted by Crippen LogP contribution is 2.10. The predicted molar refractivity (Wildman–Crippen MR) is 79.3 cm³/mol. The number of hydrogen-bond acceptors (Lipinski definition) is 2. The number of rotatable bonds is 4. The number of amides is 2. The smallest absolute Gasteiger partial charge is 0.244 e. The van der Waals surface area contributed by atoms with Crippen molar-refractivity contribution in [1.82, 2.24) is 10.2 Å². The standard InChI is InChI=1S/C15H17ClN2O2/c16-13-6-3-12(4-7-13)5-8-14(19)17-11-15(20)18-9-1-2-10-18/h3-8H,1-2,9-11H2,(H,17,19)/b8-5+. The zero-order chi connectivity index (χ0) is 14.4. The minimum atomic E-state index is -0.271. The third-order valence-corrected chi connectivity index (χ3v) is 3.42. The number of carbonyl (C=O) groups is 2. The third-order valence-electron chi connectivity index (χ3n) is 3.17. The summed E-state index contributed by atoms with van der Waals surface area (Å²) in [6.45, 7) is 1.66. The van der Waals surface area contributed by atoms with Crippen molar-refractivity contribution in [1.29, 1.82) is 0 Å². The SMILES string of the molecule is O=C(/C=C/c1ccc(Cl)cc1)NCC(=O)N1CCCC1. The quantitative estimate of drug-likeness (QED) is 0.864. The van der Waals surface area contributed by atoms with Crippen LogP contribution < -0.4 is 5.32 Å². The van der Waals surface area contributed by atoms with Crippen LogP contribution in [0, 0.1) is 0 Å². The van der Waals surface area contributed by atoms with Gasteiger partial charge in [-0.1, -0.05) is 23.7 Å². The maximum absolute atomic E-state index is 11.7. The maximum Gasteiger partial charge on any atom is 0.244 e. The summed E-state index contributed by atoms with van der Waals surface area (Å²) in [5.41, 5.74) is 0.885. The van der Waals surface area contributed by atoms with Crippen LogP contribution in [0.25, 0.3) is 6.08 Å². The van der Waals surface area contributed by atoms with E-state index in [0.29, 0.717) is 5.02 Å². The van der Waals surface area contributed by atoms with Crippen LogP contribution in [0.15, 0.2) is 30.3 Å². The first-order valence-corrected chi connectivity index (χ1v) is 7.02. The molecular formula is C15H17ClN2O2. The van der Waals surface area contributed by atoms with Crippen molar-refractivity contribution in [2.45, 2.75) is 12.8 Å². The molecule has 1 fully saturated rings. The molecule has 0 aromatic heterocycles. The second kappa shape index (κ2) is 7.10. The van der Waals surface area contributed by atoms with Crippen LogP contribution >= 0.6 is 11.6 Å². The van der Waals surface area contributed by atoms with Crippen molar-refractivity contribution >= 4 is 29.5 Å². The van der Waals surface area contributed by atoms with Crippen LogP contribution in [0.4, 0.5) is 0 Å². The minimum Gasteiger partial charge on any atom is -0.343 e.